The van der Waals surface area contributed by atoms with Crippen LogP contribution in [0.25, 0.3) is 0 Å². The molecule has 2 amide bonds. The minimum Gasteiger partial charge on any atom is -0.477 e. The van der Waals surface area contributed by atoms with Crippen LogP contribution in [0.2, 0.25) is 0 Å². The van der Waals surface area contributed by atoms with E-state index in [0.717, 1.165) is 4.90 Å². The van der Waals surface area contributed by atoms with Crippen molar-refractivity contribution in [3.8, 4) is 0 Å². The zero-order chi connectivity index (χ0) is 15.1. The monoisotopic (exact) mass is 284 g/mol. The molecule has 0 unspecified atom stereocenters. The maximum absolute atomic E-state index is 12.2. The van der Waals surface area contributed by atoms with Crippen LogP contribution < -0.4 is 0 Å². The number of amides is 2. The number of hydrogen-bond donors (Lipinski definition) is 1. The number of benzene rings is 1. The van der Waals surface area contributed by atoms with Gasteiger partial charge in [0.2, 0.25) is 0 Å². The van der Waals surface area contributed by atoms with E-state index in [-0.39, 0.29) is 24.1 Å². The van der Waals surface area contributed by atoms with Crippen molar-refractivity contribution in [1.29, 1.82) is 0 Å². The Morgan fingerprint density at radius 2 is 1.62 bits per heavy atom. The van der Waals surface area contributed by atoms with Gasteiger partial charge >= 0.3 is 5.97 Å². The predicted octanol–water partition coefficient (Wildman–Crippen LogP) is 1.52. The number of rotatable bonds is 3. The SMILES string of the molecule is Cn1c(CN2C(=O)c3ccccc3C2=O)ccc1C(=O)O. The number of carboxylic acids is 1. The Morgan fingerprint density at radius 1 is 1.05 bits per heavy atom. The summed E-state index contributed by atoms with van der Waals surface area (Å²) in [5, 5.41) is 9.02. The Balaban J connectivity index is 1.92. The number of fused-ring (bicyclic) bond motifs is 1. The van der Waals surface area contributed by atoms with E-state index in [0.29, 0.717) is 16.8 Å². The molecule has 1 aliphatic rings. The van der Waals surface area contributed by atoms with Crippen LogP contribution in [0, 0.1) is 0 Å². The molecule has 21 heavy (non-hydrogen) atoms. The summed E-state index contributed by atoms with van der Waals surface area (Å²) < 4.78 is 1.46. The van der Waals surface area contributed by atoms with Gasteiger partial charge in [-0.2, -0.15) is 0 Å². The average Bonchev–Trinajstić information content (AvgIpc) is 2.94. The van der Waals surface area contributed by atoms with Gasteiger partial charge < -0.3 is 9.67 Å². The lowest BCUT2D eigenvalue weighted by molar-refractivity contribution is 0.0639. The van der Waals surface area contributed by atoms with Crippen molar-refractivity contribution >= 4 is 17.8 Å². The molecule has 1 aliphatic heterocycles. The first kappa shape index (κ1) is 13.1. The highest BCUT2D eigenvalue weighted by atomic mass is 16.4. The number of aromatic carboxylic acids is 1. The first-order chi connectivity index (χ1) is 10.0. The molecule has 0 bridgehead atoms. The third kappa shape index (κ3) is 1.92. The van der Waals surface area contributed by atoms with Crippen LogP contribution in [-0.4, -0.2) is 32.4 Å². The predicted molar refractivity (Wildman–Crippen MR) is 73.0 cm³/mol. The Bertz CT molecular complexity index is 741. The number of carboxylic acid groups (broad SMARTS) is 1. The molecule has 1 N–H and O–H groups in total. The summed E-state index contributed by atoms with van der Waals surface area (Å²) >= 11 is 0. The standard InChI is InChI=1S/C15H12N2O4/c1-16-9(6-7-12(16)15(20)21)8-17-13(18)10-4-2-3-5-11(10)14(17)19/h2-7H,8H2,1H3,(H,20,21). The largest absolute Gasteiger partial charge is 0.477 e. The van der Waals surface area contributed by atoms with Crippen molar-refractivity contribution in [1.82, 2.24) is 9.47 Å². The molecule has 2 heterocycles. The van der Waals surface area contributed by atoms with Crippen molar-refractivity contribution in [2.75, 3.05) is 0 Å². The quantitative estimate of drug-likeness (QED) is 0.867. The first-order valence-electron chi connectivity index (χ1n) is 6.34. The zero-order valence-electron chi connectivity index (χ0n) is 11.2. The third-order valence-corrected chi connectivity index (χ3v) is 3.64. The lowest BCUT2D eigenvalue weighted by atomic mass is 10.1. The zero-order valence-corrected chi connectivity index (χ0v) is 11.2. The van der Waals surface area contributed by atoms with Crippen LogP contribution in [0.4, 0.5) is 0 Å². The van der Waals surface area contributed by atoms with Crippen molar-refractivity contribution in [2.45, 2.75) is 6.54 Å². The van der Waals surface area contributed by atoms with Gasteiger partial charge in [-0.1, -0.05) is 12.1 Å². The van der Waals surface area contributed by atoms with Crippen LogP contribution >= 0.6 is 0 Å². The molecule has 6 heteroatoms. The Morgan fingerprint density at radius 3 is 2.10 bits per heavy atom. The normalized spacial score (nSPS) is 13.7. The van der Waals surface area contributed by atoms with E-state index < -0.39 is 5.97 Å². The van der Waals surface area contributed by atoms with Crippen LogP contribution in [0.3, 0.4) is 0 Å². The Labute approximate surface area is 120 Å². The minimum atomic E-state index is -1.05. The van der Waals surface area contributed by atoms with E-state index in [1.54, 1.807) is 37.4 Å². The summed E-state index contributed by atoms with van der Waals surface area (Å²) in [4.78, 5) is 36.6. The topological polar surface area (TPSA) is 79.6 Å². The molecule has 0 saturated carbocycles. The number of carbonyl (C=O) groups is 3. The average molecular weight is 284 g/mol. The lowest BCUT2D eigenvalue weighted by Gasteiger charge is -2.14. The maximum Gasteiger partial charge on any atom is 0.352 e. The van der Waals surface area contributed by atoms with Gasteiger partial charge in [-0.15, -0.1) is 0 Å². The fourth-order valence-corrected chi connectivity index (χ4v) is 2.47. The molecule has 3 rings (SSSR count). The van der Waals surface area contributed by atoms with Gasteiger partial charge in [0.25, 0.3) is 11.8 Å². The van der Waals surface area contributed by atoms with Gasteiger partial charge in [-0.05, 0) is 24.3 Å². The highest BCUT2D eigenvalue weighted by Gasteiger charge is 2.35. The Kier molecular flexibility index (Phi) is 2.86. The molecule has 1 aromatic heterocycles. The van der Waals surface area contributed by atoms with Crippen LogP contribution in [-0.2, 0) is 13.6 Å². The van der Waals surface area contributed by atoms with Crippen molar-refractivity contribution in [3.05, 3.63) is 58.9 Å². The van der Waals surface area contributed by atoms with E-state index in [4.69, 9.17) is 5.11 Å². The van der Waals surface area contributed by atoms with Gasteiger partial charge in [0.1, 0.15) is 5.69 Å². The molecular weight excluding hydrogens is 272 g/mol. The summed E-state index contributed by atoms with van der Waals surface area (Å²) in [6, 6.07) is 9.70. The van der Waals surface area contributed by atoms with Gasteiger partial charge in [0.05, 0.1) is 17.7 Å². The molecule has 106 valence electrons. The highest BCUT2D eigenvalue weighted by Crippen LogP contribution is 2.24. The summed E-state index contributed by atoms with van der Waals surface area (Å²) in [6.07, 6.45) is 0. The van der Waals surface area contributed by atoms with Crippen molar-refractivity contribution in [3.63, 3.8) is 0 Å². The number of imide groups is 1. The lowest BCUT2D eigenvalue weighted by Crippen LogP contribution is -2.30. The van der Waals surface area contributed by atoms with Gasteiger partial charge in [0, 0.05) is 12.7 Å². The Hall–Kier alpha value is -2.89. The summed E-state index contributed by atoms with van der Waals surface area (Å²) in [5.41, 5.74) is 1.47. The van der Waals surface area contributed by atoms with Crippen LogP contribution in [0.1, 0.15) is 36.9 Å². The number of aromatic nitrogens is 1. The van der Waals surface area contributed by atoms with Crippen LogP contribution in [0.5, 0.6) is 0 Å². The molecular formula is C15H12N2O4. The van der Waals surface area contributed by atoms with Gasteiger partial charge in [0.15, 0.2) is 0 Å². The number of hydrogen-bond acceptors (Lipinski definition) is 3. The van der Waals surface area contributed by atoms with E-state index in [2.05, 4.69) is 0 Å². The second kappa shape index (κ2) is 4.59. The molecule has 1 aromatic carbocycles. The summed E-state index contributed by atoms with van der Waals surface area (Å²) in [5.74, 6) is -1.76. The molecule has 0 saturated heterocycles. The van der Waals surface area contributed by atoms with Gasteiger partial charge in [-0.25, -0.2) is 4.79 Å². The second-order valence-electron chi connectivity index (χ2n) is 4.82. The summed E-state index contributed by atoms with van der Waals surface area (Å²) in [7, 11) is 1.59. The number of nitrogens with zero attached hydrogens (tertiary/aromatic N) is 2. The minimum absolute atomic E-state index is 0.0517. The molecule has 0 fully saturated rings. The van der Waals surface area contributed by atoms with Crippen LogP contribution in [0.15, 0.2) is 36.4 Å². The molecule has 2 aromatic rings. The van der Waals surface area contributed by atoms with Crippen molar-refractivity contribution in [2.24, 2.45) is 7.05 Å². The van der Waals surface area contributed by atoms with E-state index in [9.17, 15) is 14.4 Å². The maximum atomic E-state index is 12.2. The smallest absolute Gasteiger partial charge is 0.352 e. The number of carbonyl (C=O) groups excluding carboxylic acids is 2. The molecule has 0 spiro atoms. The van der Waals surface area contributed by atoms with Gasteiger partial charge in [-0.3, -0.25) is 14.5 Å². The molecule has 6 nitrogen and oxygen atoms in total. The van der Waals surface area contributed by atoms with E-state index in [1.807, 2.05) is 0 Å². The molecule has 0 radical (unpaired) electrons. The second-order valence-corrected chi connectivity index (χ2v) is 4.82. The fourth-order valence-electron chi connectivity index (χ4n) is 2.47. The summed E-state index contributed by atoms with van der Waals surface area (Å²) in [6.45, 7) is 0.0517. The van der Waals surface area contributed by atoms with Crippen molar-refractivity contribution < 1.29 is 19.5 Å². The van der Waals surface area contributed by atoms with E-state index in [1.165, 1.54) is 10.6 Å². The third-order valence-electron chi connectivity index (χ3n) is 3.64. The fraction of sp³-hybridized carbons (Fsp3) is 0.133. The highest BCUT2D eigenvalue weighted by molar-refractivity contribution is 6.21. The first-order valence-corrected chi connectivity index (χ1v) is 6.34. The molecule has 0 atom stereocenters. The van der Waals surface area contributed by atoms with E-state index >= 15 is 0 Å². The molecule has 0 aliphatic carbocycles.